The molecule has 0 spiro atoms. The Bertz CT molecular complexity index is 864. The van der Waals surface area contributed by atoms with Gasteiger partial charge < -0.3 is 9.47 Å². The quantitative estimate of drug-likeness (QED) is 0.726. The predicted octanol–water partition coefficient (Wildman–Crippen LogP) is 2.35. The first kappa shape index (κ1) is 19.8. The van der Waals surface area contributed by atoms with Crippen LogP contribution in [0, 0.1) is 0 Å². The van der Waals surface area contributed by atoms with Crippen LogP contribution in [0.1, 0.15) is 11.1 Å². The summed E-state index contributed by atoms with van der Waals surface area (Å²) in [4.78, 5) is 2.48. The Hall–Kier alpha value is -1.93. The highest BCUT2D eigenvalue weighted by atomic mass is 32.2. The molecule has 0 N–H and O–H groups in total. The molecule has 1 aliphatic heterocycles. The van der Waals surface area contributed by atoms with E-state index in [0.717, 1.165) is 16.9 Å². The molecule has 0 radical (unpaired) electrons. The summed E-state index contributed by atoms with van der Waals surface area (Å²) in [5.74, 6) is 0.855. The first-order valence-electron chi connectivity index (χ1n) is 8.98. The van der Waals surface area contributed by atoms with Crippen LogP contribution in [0.5, 0.6) is 5.75 Å². The van der Waals surface area contributed by atoms with E-state index >= 15 is 0 Å². The zero-order valence-electron chi connectivity index (χ0n) is 15.8. The maximum Gasteiger partial charge on any atom is 0.243 e. The largest absolute Gasteiger partial charge is 0.496 e. The highest BCUT2D eigenvalue weighted by Crippen LogP contribution is 2.21. The summed E-state index contributed by atoms with van der Waals surface area (Å²) in [5, 5.41) is 0. The number of sulfonamides is 1. The molecule has 27 heavy (non-hydrogen) atoms. The van der Waals surface area contributed by atoms with Gasteiger partial charge in [0.1, 0.15) is 5.75 Å². The average Bonchev–Trinajstić information content (AvgIpc) is 2.69. The summed E-state index contributed by atoms with van der Waals surface area (Å²) in [6, 6.07) is 15.1. The molecule has 0 unspecified atom stereocenters. The highest BCUT2D eigenvalue weighted by molar-refractivity contribution is 7.89. The van der Waals surface area contributed by atoms with Gasteiger partial charge in [-0.1, -0.05) is 30.3 Å². The van der Waals surface area contributed by atoms with Gasteiger partial charge in [-0.2, -0.15) is 4.31 Å². The fraction of sp³-hybridized carbons (Fsp3) is 0.400. The molecule has 3 rings (SSSR count). The van der Waals surface area contributed by atoms with Crippen LogP contribution >= 0.6 is 0 Å². The van der Waals surface area contributed by atoms with E-state index < -0.39 is 10.0 Å². The molecule has 146 valence electrons. The number of rotatable bonds is 7. The van der Waals surface area contributed by atoms with Gasteiger partial charge in [-0.05, 0) is 30.8 Å². The van der Waals surface area contributed by atoms with Gasteiger partial charge in [-0.25, -0.2) is 8.42 Å². The average molecular weight is 391 g/mol. The molecule has 0 saturated carbocycles. The molecular formula is C20H26N2O4S. The molecule has 6 nitrogen and oxygen atoms in total. The number of ether oxygens (including phenoxy) is 2. The second-order valence-corrected chi connectivity index (χ2v) is 8.59. The molecular weight excluding hydrogens is 364 g/mol. The molecule has 0 bridgehead atoms. The number of nitrogens with zero attached hydrogens (tertiary/aromatic N) is 2. The summed E-state index contributed by atoms with van der Waals surface area (Å²) in [7, 11) is 0.200. The minimum absolute atomic E-state index is 0.340. The Labute approximate surface area is 161 Å². The van der Waals surface area contributed by atoms with Crippen LogP contribution < -0.4 is 4.74 Å². The van der Waals surface area contributed by atoms with Gasteiger partial charge in [-0.15, -0.1) is 0 Å². The molecule has 0 aromatic heterocycles. The van der Waals surface area contributed by atoms with Crippen molar-refractivity contribution in [2.45, 2.75) is 18.0 Å². The number of hydrogen-bond acceptors (Lipinski definition) is 5. The van der Waals surface area contributed by atoms with Crippen molar-refractivity contribution in [3.05, 3.63) is 59.7 Å². The molecule has 0 atom stereocenters. The third-order valence-electron chi connectivity index (χ3n) is 4.59. The molecule has 1 fully saturated rings. The Morgan fingerprint density at radius 1 is 1.07 bits per heavy atom. The number of hydrogen-bond donors (Lipinski definition) is 0. The molecule has 2 aromatic carbocycles. The second kappa shape index (κ2) is 8.84. The lowest BCUT2D eigenvalue weighted by molar-refractivity contribution is 0.0730. The Morgan fingerprint density at radius 2 is 1.81 bits per heavy atom. The molecule has 0 amide bonds. The van der Waals surface area contributed by atoms with Crippen molar-refractivity contribution >= 4 is 10.0 Å². The molecule has 1 heterocycles. The fourth-order valence-corrected chi connectivity index (χ4v) is 4.71. The first-order valence-corrected chi connectivity index (χ1v) is 10.4. The molecule has 2 aromatic rings. The van der Waals surface area contributed by atoms with E-state index in [1.807, 2.05) is 37.4 Å². The lowest BCUT2D eigenvalue weighted by atomic mass is 10.1. The Morgan fingerprint density at radius 3 is 2.56 bits per heavy atom. The minimum atomic E-state index is -3.48. The zero-order valence-corrected chi connectivity index (χ0v) is 16.6. The van der Waals surface area contributed by atoms with Gasteiger partial charge in [0.05, 0.1) is 25.2 Å². The van der Waals surface area contributed by atoms with E-state index in [2.05, 4.69) is 4.90 Å². The third-order valence-corrected chi connectivity index (χ3v) is 6.49. The Kier molecular flexibility index (Phi) is 6.49. The van der Waals surface area contributed by atoms with Crippen LogP contribution in [0.4, 0.5) is 0 Å². The van der Waals surface area contributed by atoms with Gasteiger partial charge in [0.15, 0.2) is 0 Å². The van der Waals surface area contributed by atoms with Crippen LogP contribution in [0.25, 0.3) is 0 Å². The predicted molar refractivity (Wildman–Crippen MR) is 104 cm³/mol. The maximum absolute atomic E-state index is 12.8. The lowest BCUT2D eigenvalue weighted by Gasteiger charge is -2.26. The smallest absolute Gasteiger partial charge is 0.243 e. The van der Waals surface area contributed by atoms with Gasteiger partial charge in [0.2, 0.25) is 10.0 Å². The minimum Gasteiger partial charge on any atom is -0.496 e. The SMILES string of the molecule is COc1ccccc1CN(C)Cc1cccc(S(=O)(=O)N2CCOCC2)c1. The number of morpholine rings is 1. The number of para-hydroxylation sites is 1. The lowest BCUT2D eigenvalue weighted by Crippen LogP contribution is -2.40. The Balaban J connectivity index is 1.71. The highest BCUT2D eigenvalue weighted by Gasteiger charge is 2.26. The van der Waals surface area contributed by atoms with Gasteiger partial charge in [-0.3, -0.25) is 4.90 Å². The normalized spacial score (nSPS) is 15.8. The van der Waals surface area contributed by atoms with Crippen molar-refractivity contribution in [2.24, 2.45) is 0 Å². The topological polar surface area (TPSA) is 59.1 Å². The van der Waals surface area contributed by atoms with Crippen molar-refractivity contribution in [3.8, 4) is 5.75 Å². The summed E-state index contributed by atoms with van der Waals surface area (Å²) in [5.41, 5.74) is 2.06. The maximum atomic E-state index is 12.8. The van der Waals surface area contributed by atoms with Crippen LogP contribution in [0.2, 0.25) is 0 Å². The molecule has 1 saturated heterocycles. The van der Waals surface area contributed by atoms with Crippen LogP contribution in [-0.2, 0) is 27.8 Å². The van der Waals surface area contributed by atoms with Crippen LogP contribution in [0.15, 0.2) is 53.4 Å². The van der Waals surface area contributed by atoms with E-state index in [0.29, 0.717) is 44.3 Å². The van der Waals surface area contributed by atoms with Crippen molar-refractivity contribution in [1.82, 2.24) is 9.21 Å². The third kappa shape index (κ3) is 4.87. The number of methoxy groups -OCH3 is 1. The van der Waals surface area contributed by atoms with Crippen LogP contribution in [-0.4, -0.2) is 58.1 Å². The van der Waals surface area contributed by atoms with E-state index in [1.165, 1.54) is 4.31 Å². The number of benzene rings is 2. The standard InChI is InChI=1S/C20H26N2O4S/c1-21(16-18-7-3-4-9-20(18)25-2)15-17-6-5-8-19(14-17)27(23,24)22-10-12-26-13-11-22/h3-9,14H,10-13,15-16H2,1-2H3. The van der Waals surface area contributed by atoms with E-state index in [1.54, 1.807) is 25.3 Å². The second-order valence-electron chi connectivity index (χ2n) is 6.65. The van der Waals surface area contributed by atoms with Crippen molar-refractivity contribution < 1.29 is 17.9 Å². The zero-order chi connectivity index (χ0) is 19.3. The van der Waals surface area contributed by atoms with E-state index in [-0.39, 0.29) is 0 Å². The van der Waals surface area contributed by atoms with Crippen LogP contribution in [0.3, 0.4) is 0 Å². The van der Waals surface area contributed by atoms with Gasteiger partial charge in [0.25, 0.3) is 0 Å². The van der Waals surface area contributed by atoms with Gasteiger partial charge in [0, 0.05) is 31.7 Å². The van der Waals surface area contributed by atoms with Gasteiger partial charge >= 0.3 is 0 Å². The first-order chi connectivity index (χ1) is 13.0. The fourth-order valence-electron chi connectivity index (χ4n) is 3.23. The van der Waals surface area contributed by atoms with Crippen molar-refractivity contribution in [2.75, 3.05) is 40.5 Å². The summed E-state index contributed by atoms with van der Waals surface area (Å²) in [6.45, 7) is 3.05. The molecule has 1 aliphatic rings. The monoisotopic (exact) mass is 390 g/mol. The van der Waals surface area contributed by atoms with Crippen molar-refractivity contribution in [3.63, 3.8) is 0 Å². The van der Waals surface area contributed by atoms with E-state index in [9.17, 15) is 8.42 Å². The molecule has 0 aliphatic carbocycles. The molecule has 7 heteroatoms. The van der Waals surface area contributed by atoms with E-state index in [4.69, 9.17) is 9.47 Å². The van der Waals surface area contributed by atoms with Crippen molar-refractivity contribution in [1.29, 1.82) is 0 Å². The summed E-state index contributed by atoms with van der Waals surface area (Å²) >= 11 is 0. The summed E-state index contributed by atoms with van der Waals surface area (Å²) in [6.07, 6.45) is 0. The summed E-state index contributed by atoms with van der Waals surface area (Å²) < 4.78 is 37.8.